The summed E-state index contributed by atoms with van der Waals surface area (Å²) in [6, 6.07) is 9.87. The molecule has 2 unspecified atom stereocenters. The second-order valence-corrected chi connectivity index (χ2v) is 11.6. The highest BCUT2D eigenvalue weighted by atomic mass is 32.1. The summed E-state index contributed by atoms with van der Waals surface area (Å²) in [4.78, 5) is 28.6. The zero-order chi connectivity index (χ0) is 28.7. The number of hydrogen-bond acceptors (Lipinski definition) is 8. The Morgan fingerprint density at radius 1 is 1.05 bits per heavy atom. The summed E-state index contributed by atoms with van der Waals surface area (Å²) >= 11 is 1.30. The van der Waals surface area contributed by atoms with E-state index in [9.17, 15) is 28.2 Å². The quantitative estimate of drug-likeness (QED) is 0.240. The number of carboxylic acid groups (broad SMARTS) is 1. The van der Waals surface area contributed by atoms with Crippen molar-refractivity contribution in [2.24, 2.45) is 11.3 Å². The van der Waals surface area contributed by atoms with Crippen molar-refractivity contribution in [1.29, 1.82) is 0 Å². The third kappa shape index (κ3) is 5.68. The molecule has 2 atom stereocenters. The van der Waals surface area contributed by atoms with E-state index in [1.165, 1.54) is 11.3 Å². The maximum Gasteiger partial charge on any atom is 0.433 e. The summed E-state index contributed by atoms with van der Waals surface area (Å²) in [5, 5.41) is 24.5. The van der Waals surface area contributed by atoms with E-state index in [1.807, 2.05) is 32.0 Å². The Labute approximate surface area is 232 Å². The lowest BCUT2D eigenvalue weighted by Crippen LogP contribution is -2.44. The molecule has 0 radical (unpaired) electrons. The van der Waals surface area contributed by atoms with E-state index in [4.69, 9.17) is 0 Å². The van der Waals surface area contributed by atoms with E-state index in [1.54, 1.807) is 30.7 Å². The van der Waals surface area contributed by atoms with Crippen molar-refractivity contribution in [2.45, 2.75) is 44.9 Å². The van der Waals surface area contributed by atoms with Crippen LogP contribution in [0, 0.1) is 11.3 Å². The number of aromatic nitrogens is 4. The molecule has 40 heavy (non-hydrogen) atoms. The number of carboxylic acids is 1. The molecule has 3 aromatic heterocycles. The SMILES string of the molecule is CC1(C)CC(O)(c2ncc(-c3cc(Nc4nccc(C(F)(F)F)n4)cc(-c4ccncc4)c3)s2)CCC1C(=O)O. The topological polar surface area (TPSA) is 121 Å². The maximum atomic E-state index is 13.2. The zero-order valence-corrected chi connectivity index (χ0v) is 22.4. The van der Waals surface area contributed by atoms with Crippen LogP contribution < -0.4 is 5.32 Å². The van der Waals surface area contributed by atoms with Gasteiger partial charge < -0.3 is 15.5 Å². The van der Waals surface area contributed by atoms with Crippen molar-refractivity contribution in [3.05, 3.63) is 71.9 Å². The highest BCUT2D eigenvalue weighted by molar-refractivity contribution is 7.15. The van der Waals surface area contributed by atoms with Crippen molar-refractivity contribution in [3.8, 4) is 21.6 Å². The molecule has 1 fully saturated rings. The van der Waals surface area contributed by atoms with Crippen molar-refractivity contribution in [2.75, 3.05) is 5.32 Å². The Kier molecular flexibility index (Phi) is 7.09. The van der Waals surface area contributed by atoms with Gasteiger partial charge in [-0.3, -0.25) is 9.78 Å². The molecular formula is C28H26F3N5O3S. The van der Waals surface area contributed by atoms with Gasteiger partial charge in [-0.25, -0.2) is 15.0 Å². The van der Waals surface area contributed by atoms with Gasteiger partial charge in [0, 0.05) is 30.5 Å². The fraction of sp³-hybridized carbons (Fsp3) is 0.321. The van der Waals surface area contributed by atoms with Crippen molar-refractivity contribution >= 4 is 28.9 Å². The Balaban J connectivity index is 1.51. The van der Waals surface area contributed by atoms with Crippen molar-refractivity contribution < 1.29 is 28.2 Å². The van der Waals surface area contributed by atoms with Crippen LogP contribution in [0.5, 0.6) is 0 Å². The number of hydrogen-bond donors (Lipinski definition) is 3. The third-order valence-corrected chi connectivity index (χ3v) is 8.41. The van der Waals surface area contributed by atoms with E-state index in [0.29, 0.717) is 17.1 Å². The maximum absolute atomic E-state index is 13.2. The summed E-state index contributed by atoms with van der Waals surface area (Å²) in [5.74, 6) is -1.63. The monoisotopic (exact) mass is 569 g/mol. The largest absolute Gasteiger partial charge is 0.481 e. The molecule has 8 nitrogen and oxygen atoms in total. The van der Waals surface area contributed by atoms with Gasteiger partial charge in [-0.05, 0) is 77.8 Å². The first-order chi connectivity index (χ1) is 18.8. The number of carbonyl (C=O) groups is 1. The molecule has 1 aliphatic rings. The minimum Gasteiger partial charge on any atom is -0.481 e. The van der Waals surface area contributed by atoms with Gasteiger partial charge in [-0.2, -0.15) is 13.2 Å². The van der Waals surface area contributed by atoms with Crippen LogP contribution in [0.25, 0.3) is 21.6 Å². The lowest BCUT2D eigenvalue weighted by atomic mass is 9.63. The predicted octanol–water partition coefficient (Wildman–Crippen LogP) is 6.52. The summed E-state index contributed by atoms with van der Waals surface area (Å²) in [7, 11) is 0. The minimum absolute atomic E-state index is 0.204. The number of anilines is 2. The first kappa shape index (κ1) is 27.7. The second-order valence-electron chi connectivity index (χ2n) is 10.6. The fourth-order valence-corrected chi connectivity index (χ4v) is 6.28. The van der Waals surface area contributed by atoms with Gasteiger partial charge in [0.1, 0.15) is 16.3 Å². The van der Waals surface area contributed by atoms with Gasteiger partial charge in [0.15, 0.2) is 0 Å². The van der Waals surface area contributed by atoms with Gasteiger partial charge in [0.2, 0.25) is 5.95 Å². The smallest absolute Gasteiger partial charge is 0.433 e. The summed E-state index contributed by atoms with van der Waals surface area (Å²) < 4.78 is 39.6. The number of alkyl halides is 3. The molecule has 0 bridgehead atoms. The number of nitrogens with one attached hydrogen (secondary N) is 1. The summed E-state index contributed by atoms with van der Waals surface area (Å²) in [6.07, 6.45) is 2.21. The van der Waals surface area contributed by atoms with Gasteiger partial charge >= 0.3 is 12.1 Å². The van der Waals surface area contributed by atoms with E-state index < -0.39 is 34.8 Å². The number of pyridine rings is 1. The highest BCUT2D eigenvalue weighted by Crippen LogP contribution is 2.51. The number of nitrogens with zero attached hydrogens (tertiary/aromatic N) is 4. The molecule has 5 rings (SSSR count). The standard InChI is InChI=1S/C28H26F3N5O3S/c1-26(2)15-27(39,7-3-20(26)23(37)38)24-34-14-21(40-24)18-11-17(16-4-8-32-9-5-16)12-19(13-18)35-25-33-10-6-22(36-25)28(29,30)31/h4-6,8-14,20,39H,3,7,15H2,1-2H3,(H,37,38)(H,33,35,36). The number of aliphatic hydroxyl groups is 1. The average molecular weight is 570 g/mol. The molecule has 0 spiro atoms. The molecule has 4 aromatic rings. The highest BCUT2D eigenvalue weighted by Gasteiger charge is 2.49. The summed E-state index contributed by atoms with van der Waals surface area (Å²) in [6.45, 7) is 3.69. The van der Waals surface area contributed by atoms with Gasteiger partial charge in [0.05, 0.1) is 10.8 Å². The summed E-state index contributed by atoms with van der Waals surface area (Å²) in [5.41, 5.74) is -0.179. The van der Waals surface area contributed by atoms with Gasteiger partial charge in [-0.1, -0.05) is 13.8 Å². The van der Waals surface area contributed by atoms with Crippen LogP contribution in [0.15, 0.2) is 61.2 Å². The van der Waals surface area contributed by atoms with E-state index in [2.05, 4.69) is 25.3 Å². The Morgan fingerprint density at radius 2 is 1.77 bits per heavy atom. The molecule has 12 heteroatoms. The fourth-order valence-electron chi connectivity index (χ4n) is 5.26. The Hall–Kier alpha value is -3.90. The number of benzene rings is 1. The van der Waals surface area contributed by atoms with E-state index in [0.717, 1.165) is 33.8 Å². The molecule has 1 saturated carbocycles. The number of halogens is 3. The second kappa shape index (κ2) is 10.3. The van der Waals surface area contributed by atoms with Crippen LogP contribution >= 0.6 is 11.3 Å². The molecule has 1 aromatic carbocycles. The van der Waals surface area contributed by atoms with Crippen molar-refractivity contribution in [3.63, 3.8) is 0 Å². The van der Waals surface area contributed by atoms with Gasteiger partial charge in [0.25, 0.3) is 0 Å². The lowest BCUT2D eigenvalue weighted by molar-refractivity contribution is -0.154. The zero-order valence-electron chi connectivity index (χ0n) is 21.6. The minimum atomic E-state index is -4.61. The van der Waals surface area contributed by atoms with Gasteiger partial charge in [-0.15, -0.1) is 11.3 Å². The van der Waals surface area contributed by atoms with Crippen LogP contribution in [0.2, 0.25) is 0 Å². The Morgan fingerprint density at radius 3 is 2.45 bits per heavy atom. The van der Waals surface area contributed by atoms with Crippen molar-refractivity contribution in [1.82, 2.24) is 19.9 Å². The first-order valence-electron chi connectivity index (χ1n) is 12.5. The lowest BCUT2D eigenvalue weighted by Gasteiger charge is -2.44. The third-order valence-electron chi connectivity index (χ3n) is 7.17. The molecule has 3 N–H and O–H groups in total. The Bertz CT molecular complexity index is 1540. The molecule has 0 saturated heterocycles. The molecule has 208 valence electrons. The number of thiazole rings is 1. The predicted molar refractivity (Wildman–Crippen MR) is 144 cm³/mol. The first-order valence-corrected chi connectivity index (χ1v) is 13.3. The van der Waals surface area contributed by atoms with Crippen LogP contribution in [0.4, 0.5) is 24.8 Å². The van der Waals surface area contributed by atoms with E-state index >= 15 is 0 Å². The molecule has 0 aliphatic heterocycles. The average Bonchev–Trinajstić information content (AvgIpc) is 3.40. The molecule has 1 aliphatic carbocycles. The number of aliphatic carboxylic acids is 1. The van der Waals surface area contributed by atoms with Crippen LogP contribution in [0.3, 0.4) is 0 Å². The van der Waals surface area contributed by atoms with Crippen LogP contribution in [-0.4, -0.2) is 36.1 Å². The normalized spacial score (nSPS) is 20.7. The molecule has 3 heterocycles. The molecular weight excluding hydrogens is 543 g/mol. The van der Waals surface area contributed by atoms with Crippen LogP contribution in [0.1, 0.15) is 43.8 Å². The van der Waals surface area contributed by atoms with Crippen LogP contribution in [-0.2, 0) is 16.6 Å². The van der Waals surface area contributed by atoms with E-state index in [-0.39, 0.29) is 18.8 Å². The molecule has 0 amide bonds. The number of rotatable bonds is 6.